The van der Waals surface area contributed by atoms with E-state index in [0.29, 0.717) is 37.2 Å². The highest BCUT2D eigenvalue weighted by Crippen LogP contribution is 2.35. The van der Waals surface area contributed by atoms with Gasteiger partial charge in [-0.1, -0.05) is 0 Å². The Bertz CT molecular complexity index is 863. The highest BCUT2D eigenvalue weighted by atomic mass is 35.5. The zero-order valence-corrected chi connectivity index (χ0v) is 17.8. The molecular formula is C23H22Cl2F2O3. The van der Waals surface area contributed by atoms with Crippen molar-refractivity contribution in [1.29, 1.82) is 0 Å². The first-order chi connectivity index (χ1) is 14.5. The van der Waals surface area contributed by atoms with E-state index < -0.39 is 24.0 Å². The number of ether oxygens (including phenoxy) is 2. The fourth-order valence-corrected chi connectivity index (χ4v) is 5.02. The van der Waals surface area contributed by atoms with Crippen LogP contribution in [0.5, 0.6) is 11.5 Å². The lowest BCUT2D eigenvalue weighted by Crippen LogP contribution is -2.45. The van der Waals surface area contributed by atoms with Crippen LogP contribution in [0.3, 0.4) is 0 Å². The molecule has 160 valence electrons. The second-order valence-electron chi connectivity index (χ2n) is 7.82. The molecule has 3 nitrogen and oxygen atoms in total. The van der Waals surface area contributed by atoms with Crippen LogP contribution in [-0.4, -0.2) is 29.8 Å². The summed E-state index contributed by atoms with van der Waals surface area (Å²) in [4.78, 5) is 13.4. The Kier molecular flexibility index (Phi) is 6.49. The van der Waals surface area contributed by atoms with Crippen LogP contribution in [0, 0.1) is 23.5 Å². The average molecular weight is 455 g/mol. The molecule has 30 heavy (non-hydrogen) atoms. The summed E-state index contributed by atoms with van der Waals surface area (Å²) >= 11 is 12.4. The molecule has 0 amide bonds. The summed E-state index contributed by atoms with van der Waals surface area (Å²) in [5.74, 6) is -0.435. The van der Waals surface area contributed by atoms with Crippen molar-refractivity contribution in [2.75, 3.05) is 11.8 Å². The number of carbonyl (C=O) groups excluding carboxylic acids is 1. The predicted octanol–water partition coefficient (Wildman–Crippen LogP) is 5.33. The molecule has 0 spiro atoms. The van der Waals surface area contributed by atoms with E-state index >= 15 is 0 Å². The van der Waals surface area contributed by atoms with E-state index in [-0.39, 0.29) is 29.2 Å². The van der Waals surface area contributed by atoms with Gasteiger partial charge in [0.1, 0.15) is 41.1 Å². The topological polar surface area (TPSA) is 35.5 Å². The summed E-state index contributed by atoms with van der Waals surface area (Å²) < 4.78 is 38.9. The fourth-order valence-electron chi connectivity index (χ4n) is 4.32. The Morgan fingerprint density at radius 3 is 1.70 bits per heavy atom. The fraction of sp³-hybridized carbons (Fsp3) is 0.435. The van der Waals surface area contributed by atoms with Gasteiger partial charge in [0.2, 0.25) is 0 Å². The first-order valence-electron chi connectivity index (χ1n) is 10.1. The van der Waals surface area contributed by atoms with Gasteiger partial charge in [0.25, 0.3) is 0 Å². The number of carbonyl (C=O) groups is 1. The molecule has 2 heterocycles. The summed E-state index contributed by atoms with van der Waals surface area (Å²) in [6.07, 6.45) is 1.57. The molecular weight excluding hydrogens is 433 g/mol. The Hall–Kier alpha value is -1.85. The van der Waals surface area contributed by atoms with Gasteiger partial charge in [-0.3, -0.25) is 4.79 Å². The molecule has 2 aliphatic heterocycles. The minimum atomic E-state index is -0.549. The number of halogens is 4. The minimum Gasteiger partial charge on any atom is -0.489 e. The summed E-state index contributed by atoms with van der Waals surface area (Å²) in [6, 6.07) is 8.78. The van der Waals surface area contributed by atoms with Crippen molar-refractivity contribution in [2.45, 2.75) is 37.9 Å². The van der Waals surface area contributed by atoms with Crippen molar-refractivity contribution < 1.29 is 23.0 Å². The third kappa shape index (κ3) is 4.28. The van der Waals surface area contributed by atoms with Crippen molar-refractivity contribution in [2.24, 2.45) is 11.8 Å². The molecule has 0 aromatic heterocycles. The summed E-state index contributed by atoms with van der Waals surface area (Å²) in [5, 5.41) is 0. The number of ketones is 1. The van der Waals surface area contributed by atoms with E-state index in [0.717, 1.165) is 11.1 Å². The maximum absolute atomic E-state index is 13.4. The van der Waals surface area contributed by atoms with Crippen molar-refractivity contribution in [3.05, 3.63) is 59.2 Å². The zero-order chi connectivity index (χ0) is 21.3. The lowest BCUT2D eigenvalue weighted by Gasteiger charge is -2.35. The summed E-state index contributed by atoms with van der Waals surface area (Å²) in [7, 11) is 0. The molecule has 4 atom stereocenters. The third-order valence-electron chi connectivity index (χ3n) is 5.96. The maximum Gasteiger partial charge on any atom is 0.148 e. The Labute approximate surface area is 184 Å². The maximum atomic E-state index is 13.4. The normalized spacial score (nSPS) is 22.1. The van der Waals surface area contributed by atoms with Crippen molar-refractivity contribution in [1.82, 2.24) is 0 Å². The van der Waals surface area contributed by atoms with Gasteiger partial charge in [0.15, 0.2) is 0 Å². The van der Waals surface area contributed by atoms with Crippen LogP contribution in [0.2, 0.25) is 0 Å². The first-order valence-corrected chi connectivity index (χ1v) is 11.1. The van der Waals surface area contributed by atoms with Crippen molar-refractivity contribution in [3.63, 3.8) is 0 Å². The van der Waals surface area contributed by atoms with Crippen LogP contribution in [0.15, 0.2) is 36.4 Å². The molecule has 2 aliphatic rings. The number of rotatable bonds is 6. The van der Waals surface area contributed by atoms with E-state index in [1.54, 1.807) is 12.1 Å². The number of alkyl halides is 2. The van der Waals surface area contributed by atoms with E-state index in [1.165, 1.54) is 24.3 Å². The zero-order valence-electron chi connectivity index (χ0n) is 16.3. The van der Waals surface area contributed by atoms with Crippen molar-refractivity contribution >= 4 is 29.0 Å². The van der Waals surface area contributed by atoms with Crippen LogP contribution in [0.1, 0.15) is 24.0 Å². The Morgan fingerprint density at radius 2 is 1.30 bits per heavy atom. The molecule has 2 aromatic carbocycles. The molecule has 0 N–H and O–H groups in total. The number of aryl methyl sites for hydroxylation is 2. The number of benzene rings is 2. The van der Waals surface area contributed by atoms with Crippen LogP contribution in [-0.2, 0) is 17.6 Å². The lowest BCUT2D eigenvalue weighted by atomic mass is 9.82. The quantitative estimate of drug-likeness (QED) is 0.553. The molecule has 2 aromatic rings. The minimum absolute atomic E-state index is 0.0916. The molecule has 4 unspecified atom stereocenters. The molecule has 0 saturated carbocycles. The van der Waals surface area contributed by atoms with E-state index in [1.807, 2.05) is 0 Å². The van der Waals surface area contributed by atoms with E-state index in [4.69, 9.17) is 32.7 Å². The second-order valence-corrected chi connectivity index (χ2v) is 8.44. The van der Waals surface area contributed by atoms with Gasteiger partial charge in [0.05, 0.1) is 11.8 Å². The smallest absolute Gasteiger partial charge is 0.148 e. The molecule has 4 rings (SSSR count). The predicted molar refractivity (Wildman–Crippen MR) is 112 cm³/mol. The molecule has 0 aliphatic carbocycles. The third-order valence-corrected chi connectivity index (χ3v) is 6.62. The van der Waals surface area contributed by atoms with Gasteiger partial charge in [-0.2, -0.15) is 0 Å². The molecule has 0 radical (unpaired) electrons. The monoisotopic (exact) mass is 454 g/mol. The lowest BCUT2D eigenvalue weighted by molar-refractivity contribution is -0.131. The molecule has 0 fully saturated rings. The Morgan fingerprint density at radius 1 is 0.867 bits per heavy atom. The standard InChI is InChI=1S/C23H22Cl2F2O3/c24-11-17(21-5-1-13-9-15(26)3-7-19(13)29-21)23(28)18(12-25)22-6-2-14-10-16(27)4-8-20(14)30-22/h3-4,7-10,17-18,21-22H,1-2,5-6,11-12H2. The highest BCUT2D eigenvalue weighted by Gasteiger charge is 2.40. The van der Waals surface area contributed by atoms with Crippen LogP contribution in [0.4, 0.5) is 8.78 Å². The average Bonchev–Trinajstić information content (AvgIpc) is 2.75. The van der Waals surface area contributed by atoms with Crippen LogP contribution in [0.25, 0.3) is 0 Å². The van der Waals surface area contributed by atoms with Gasteiger partial charge >= 0.3 is 0 Å². The van der Waals surface area contributed by atoms with Crippen molar-refractivity contribution in [3.8, 4) is 11.5 Å². The van der Waals surface area contributed by atoms with Gasteiger partial charge in [-0.15, -0.1) is 23.2 Å². The van der Waals surface area contributed by atoms with Gasteiger partial charge in [0, 0.05) is 11.8 Å². The van der Waals surface area contributed by atoms with E-state index in [9.17, 15) is 13.6 Å². The highest BCUT2D eigenvalue weighted by molar-refractivity contribution is 6.21. The summed E-state index contributed by atoms with van der Waals surface area (Å²) in [5.41, 5.74) is 1.58. The van der Waals surface area contributed by atoms with Gasteiger partial charge < -0.3 is 9.47 Å². The van der Waals surface area contributed by atoms with Crippen LogP contribution < -0.4 is 9.47 Å². The number of fused-ring (bicyclic) bond motifs is 2. The number of Topliss-reactive ketones (excluding diaryl/α,β-unsaturated/α-hetero) is 1. The summed E-state index contributed by atoms with van der Waals surface area (Å²) in [6.45, 7) is 0. The molecule has 7 heteroatoms. The van der Waals surface area contributed by atoms with Gasteiger partial charge in [-0.25, -0.2) is 8.78 Å². The number of hydrogen-bond acceptors (Lipinski definition) is 3. The van der Waals surface area contributed by atoms with Crippen LogP contribution >= 0.6 is 23.2 Å². The second kappa shape index (κ2) is 9.11. The number of hydrogen-bond donors (Lipinski definition) is 0. The Balaban J connectivity index is 1.49. The first kappa shape index (κ1) is 21.4. The largest absolute Gasteiger partial charge is 0.489 e. The molecule has 0 bridgehead atoms. The van der Waals surface area contributed by atoms with E-state index in [2.05, 4.69) is 0 Å². The SMILES string of the molecule is O=C(C(CCl)C1CCc2cc(F)ccc2O1)C(CCl)C1CCc2cc(F)ccc2O1. The van der Waals surface area contributed by atoms with Gasteiger partial charge in [-0.05, 0) is 73.2 Å². The molecule has 0 saturated heterocycles.